The number of nitrogens with one attached hydrogen (secondary N) is 3. The van der Waals surface area contributed by atoms with E-state index < -0.39 is 23.4 Å². The van der Waals surface area contributed by atoms with Gasteiger partial charge in [-0.25, -0.2) is 9.97 Å². The van der Waals surface area contributed by atoms with Crippen molar-refractivity contribution < 1.29 is 14.4 Å². The van der Waals surface area contributed by atoms with Crippen LogP contribution in [0, 0.1) is 6.92 Å². The van der Waals surface area contributed by atoms with Crippen molar-refractivity contribution in [2.45, 2.75) is 25.8 Å². The van der Waals surface area contributed by atoms with Crippen LogP contribution in [0.4, 0.5) is 5.69 Å². The number of benzene rings is 2. The topological polar surface area (TPSA) is 139 Å². The first-order valence-corrected chi connectivity index (χ1v) is 12.5. The van der Waals surface area contributed by atoms with E-state index in [1.807, 2.05) is 23.6 Å². The summed E-state index contributed by atoms with van der Waals surface area (Å²) in [7, 11) is 0. The molecule has 1 aliphatic rings. The molecule has 3 aromatic heterocycles. The van der Waals surface area contributed by atoms with Gasteiger partial charge in [0.05, 0.1) is 27.0 Å². The predicted octanol–water partition coefficient (Wildman–Crippen LogP) is 3.54. The third kappa shape index (κ3) is 3.89. The number of aromatic amines is 1. The van der Waals surface area contributed by atoms with Crippen LogP contribution in [0.15, 0.2) is 58.7 Å². The number of nitrogens with zero attached hydrogens (tertiary/aromatic N) is 3. The number of imidazole rings is 1. The summed E-state index contributed by atoms with van der Waals surface area (Å²) in [6.45, 7) is 1.62. The van der Waals surface area contributed by atoms with Gasteiger partial charge in [-0.05, 0) is 49.1 Å². The molecule has 0 bridgehead atoms. The Labute approximate surface area is 213 Å². The van der Waals surface area contributed by atoms with Crippen LogP contribution in [-0.4, -0.2) is 37.2 Å². The van der Waals surface area contributed by atoms with Crippen LogP contribution >= 0.6 is 11.3 Å². The fourth-order valence-corrected chi connectivity index (χ4v) is 5.33. The second-order valence-electron chi connectivity index (χ2n) is 8.72. The molecule has 37 heavy (non-hydrogen) atoms. The van der Waals surface area contributed by atoms with Crippen molar-refractivity contribution in [2.75, 3.05) is 5.32 Å². The van der Waals surface area contributed by atoms with Gasteiger partial charge in [0.1, 0.15) is 28.7 Å². The molecule has 1 atom stereocenters. The number of rotatable bonds is 4. The monoisotopic (exact) mass is 512 g/mol. The lowest BCUT2D eigenvalue weighted by Gasteiger charge is -2.24. The minimum absolute atomic E-state index is 0.142. The van der Waals surface area contributed by atoms with Crippen LogP contribution < -0.4 is 16.2 Å². The Morgan fingerprint density at radius 1 is 1.05 bits per heavy atom. The molecule has 0 aliphatic carbocycles. The SMILES string of the molecule is Cc1nc2c(NC(=O)c3cccc4[nH]c(-c5cccs5)nc34)cccc2c(=O)n1C1CCC(=O)NC1=O. The van der Waals surface area contributed by atoms with E-state index in [-0.39, 0.29) is 24.1 Å². The largest absolute Gasteiger partial charge is 0.337 e. The number of aromatic nitrogens is 4. The summed E-state index contributed by atoms with van der Waals surface area (Å²) in [5.41, 5.74) is 1.91. The Morgan fingerprint density at radius 3 is 2.68 bits per heavy atom. The highest BCUT2D eigenvalue weighted by molar-refractivity contribution is 7.13. The second kappa shape index (κ2) is 8.79. The van der Waals surface area contributed by atoms with E-state index in [4.69, 9.17) is 0 Å². The van der Waals surface area contributed by atoms with Crippen molar-refractivity contribution >= 4 is 56.7 Å². The summed E-state index contributed by atoms with van der Waals surface area (Å²) in [6.07, 6.45) is 0.361. The zero-order valence-corrected chi connectivity index (χ0v) is 20.4. The highest BCUT2D eigenvalue weighted by Gasteiger charge is 2.30. The van der Waals surface area contributed by atoms with Gasteiger partial charge in [-0.2, -0.15) is 0 Å². The number of anilines is 1. The zero-order chi connectivity index (χ0) is 25.7. The average Bonchev–Trinajstić information content (AvgIpc) is 3.55. The first-order valence-electron chi connectivity index (χ1n) is 11.6. The van der Waals surface area contributed by atoms with Gasteiger partial charge in [-0.15, -0.1) is 11.3 Å². The van der Waals surface area contributed by atoms with E-state index >= 15 is 0 Å². The zero-order valence-electron chi connectivity index (χ0n) is 19.6. The van der Waals surface area contributed by atoms with Crippen molar-refractivity contribution in [3.63, 3.8) is 0 Å². The average molecular weight is 513 g/mol. The van der Waals surface area contributed by atoms with E-state index in [0.29, 0.717) is 33.9 Å². The molecule has 1 fully saturated rings. The lowest BCUT2D eigenvalue weighted by atomic mass is 10.1. The Kier molecular flexibility index (Phi) is 5.41. The number of para-hydroxylation sites is 2. The molecule has 10 nitrogen and oxygen atoms in total. The number of imide groups is 1. The van der Waals surface area contributed by atoms with Gasteiger partial charge < -0.3 is 10.3 Å². The Bertz CT molecular complexity index is 1790. The molecule has 5 aromatic rings. The number of carbonyl (C=O) groups is 3. The summed E-state index contributed by atoms with van der Waals surface area (Å²) >= 11 is 1.55. The molecule has 0 spiro atoms. The molecule has 3 N–H and O–H groups in total. The molecule has 0 saturated carbocycles. The molecule has 1 unspecified atom stereocenters. The van der Waals surface area contributed by atoms with Crippen LogP contribution in [0.2, 0.25) is 0 Å². The van der Waals surface area contributed by atoms with Crippen molar-refractivity contribution in [3.8, 4) is 10.7 Å². The molecule has 1 aliphatic heterocycles. The van der Waals surface area contributed by atoms with Crippen molar-refractivity contribution in [1.29, 1.82) is 0 Å². The summed E-state index contributed by atoms with van der Waals surface area (Å²) in [4.78, 5) is 64.2. The maximum absolute atomic E-state index is 13.4. The number of thiophene rings is 1. The van der Waals surface area contributed by atoms with Crippen LogP contribution in [0.25, 0.3) is 32.6 Å². The number of hydrogen-bond donors (Lipinski definition) is 3. The molecule has 0 radical (unpaired) electrons. The third-order valence-corrected chi connectivity index (χ3v) is 7.27. The van der Waals surface area contributed by atoms with Crippen molar-refractivity contribution in [3.05, 3.63) is 75.7 Å². The number of carbonyl (C=O) groups excluding carboxylic acids is 3. The van der Waals surface area contributed by atoms with Gasteiger partial charge in [-0.3, -0.25) is 29.1 Å². The smallest absolute Gasteiger partial charge is 0.262 e. The van der Waals surface area contributed by atoms with Gasteiger partial charge in [0.25, 0.3) is 11.5 Å². The lowest BCUT2D eigenvalue weighted by Crippen LogP contribution is -2.45. The fourth-order valence-electron chi connectivity index (χ4n) is 4.66. The van der Waals surface area contributed by atoms with E-state index in [9.17, 15) is 19.2 Å². The normalized spacial score (nSPS) is 15.8. The van der Waals surface area contributed by atoms with Gasteiger partial charge >= 0.3 is 0 Å². The number of amides is 3. The molecule has 4 heterocycles. The molecular formula is C26H20N6O4S. The molecule has 184 valence electrons. The highest BCUT2D eigenvalue weighted by Crippen LogP contribution is 2.28. The number of H-pyrrole nitrogens is 1. The maximum atomic E-state index is 13.4. The predicted molar refractivity (Wildman–Crippen MR) is 140 cm³/mol. The van der Waals surface area contributed by atoms with E-state index in [2.05, 4.69) is 25.6 Å². The van der Waals surface area contributed by atoms with Crippen LogP contribution in [-0.2, 0) is 9.59 Å². The van der Waals surface area contributed by atoms with Crippen LogP contribution in [0.5, 0.6) is 0 Å². The van der Waals surface area contributed by atoms with Gasteiger partial charge in [0.15, 0.2) is 0 Å². The molecule has 3 amide bonds. The standard InChI is InChI=1S/C26H20N6O4S/c1-13-27-22-15(26(36)32(13)18-10-11-20(33)30-25(18)35)6-3-8-17(22)29-24(34)14-5-2-7-16-21(14)31-23(28-16)19-9-4-12-37-19/h2-9,12,18H,10-11H2,1H3,(H,28,31)(H,29,34)(H,30,33,35). The van der Waals surface area contributed by atoms with Crippen LogP contribution in [0.1, 0.15) is 35.1 Å². The number of fused-ring (bicyclic) bond motifs is 2. The fraction of sp³-hybridized carbons (Fsp3) is 0.154. The van der Waals surface area contributed by atoms with Crippen molar-refractivity contribution in [2.24, 2.45) is 0 Å². The van der Waals surface area contributed by atoms with Gasteiger partial charge in [0.2, 0.25) is 11.8 Å². The number of piperidine rings is 1. The third-order valence-electron chi connectivity index (χ3n) is 6.39. The molecule has 6 rings (SSSR count). The van der Waals surface area contributed by atoms with Crippen LogP contribution in [0.3, 0.4) is 0 Å². The summed E-state index contributed by atoms with van der Waals surface area (Å²) in [5, 5.41) is 7.38. The maximum Gasteiger partial charge on any atom is 0.262 e. The number of hydrogen-bond acceptors (Lipinski definition) is 7. The molecular weight excluding hydrogens is 492 g/mol. The van der Waals surface area contributed by atoms with E-state index in [0.717, 1.165) is 10.4 Å². The summed E-state index contributed by atoms with van der Waals surface area (Å²) < 4.78 is 1.31. The Morgan fingerprint density at radius 2 is 1.89 bits per heavy atom. The summed E-state index contributed by atoms with van der Waals surface area (Å²) in [6, 6.07) is 13.3. The van der Waals surface area contributed by atoms with Gasteiger partial charge in [-0.1, -0.05) is 18.2 Å². The summed E-state index contributed by atoms with van der Waals surface area (Å²) in [5.74, 6) is -0.289. The molecule has 1 saturated heterocycles. The van der Waals surface area contributed by atoms with E-state index in [1.54, 1.807) is 48.6 Å². The Balaban J connectivity index is 1.38. The first kappa shape index (κ1) is 22.8. The van der Waals surface area contributed by atoms with E-state index in [1.165, 1.54) is 4.57 Å². The molecule has 2 aromatic carbocycles. The second-order valence-corrected chi connectivity index (χ2v) is 9.67. The Hall–Kier alpha value is -4.64. The number of aryl methyl sites for hydroxylation is 1. The highest BCUT2D eigenvalue weighted by atomic mass is 32.1. The molecule has 11 heteroatoms. The minimum Gasteiger partial charge on any atom is -0.337 e. The minimum atomic E-state index is -0.824. The quantitative estimate of drug-likeness (QED) is 0.315. The lowest BCUT2D eigenvalue weighted by molar-refractivity contribution is -0.135. The van der Waals surface area contributed by atoms with Crippen molar-refractivity contribution in [1.82, 2.24) is 24.8 Å². The van der Waals surface area contributed by atoms with Gasteiger partial charge in [0, 0.05) is 6.42 Å². The first-order chi connectivity index (χ1) is 17.9.